The quantitative estimate of drug-likeness (QED) is 0.917. The van der Waals surface area contributed by atoms with E-state index in [1.165, 1.54) is 5.56 Å². The fourth-order valence-electron chi connectivity index (χ4n) is 2.75. The summed E-state index contributed by atoms with van der Waals surface area (Å²) in [6.07, 6.45) is 0. The standard InChI is InChI=1S/C19H22N2O3/c1-21(2)13-15-7-4-3-6-14(15)12-20-19(22)16-8-5-9-17-18(16)24-11-10-23-17/h3-9H,10-13H2,1-2H3,(H,20,22). The van der Waals surface area contributed by atoms with Gasteiger partial charge in [-0.15, -0.1) is 0 Å². The zero-order valence-electron chi connectivity index (χ0n) is 14.0. The van der Waals surface area contributed by atoms with Gasteiger partial charge < -0.3 is 19.7 Å². The van der Waals surface area contributed by atoms with Gasteiger partial charge in [0.1, 0.15) is 13.2 Å². The molecular formula is C19H22N2O3. The first-order valence-electron chi connectivity index (χ1n) is 8.03. The summed E-state index contributed by atoms with van der Waals surface area (Å²) < 4.78 is 11.1. The highest BCUT2D eigenvalue weighted by atomic mass is 16.6. The van der Waals surface area contributed by atoms with Crippen LogP contribution in [0.25, 0.3) is 0 Å². The third-order valence-electron chi connectivity index (χ3n) is 3.86. The molecule has 5 nitrogen and oxygen atoms in total. The van der Waals surface area contributed by atoms with Crippen LogP contribution in [0.3, 0.4) is 0 Å². The second kappa shape index (κ2) is 7.36. The summed E-state index contributed by atoms with van der Waals surface area (Å²) in [6.45, 7) is 2.29. The molecule has 0 fully saturated rings. The van der Waals surface area contributed by atoms with Crippen LogP contribution in [0.5, 0.6) is 11.5 Å². The lowest BCUT2D eigenvalue weighted by atomic mass is 10.1. The average Bonchev–Trinajstić information content (AvgIpc) is 2.60. The van der Waals surface area contributed by atoms with Crippen LogP contribution in [0.1, 0.15) is 21.5 Å². The first kappa shape index (κ1) is 16.3. The van der Waals surface area contributed by atoms with Gasteiger partial charge in [-0.1, -0.05) is 30.3 Å². The molecule has 5 heteroatoms. The Labute approximate surface area is 142 Å². The number of fused-ring (bicyclic) bond motifs is 1. The van der Waals surface area contributed by atoms with Gasteiger partial charge in [-0.25, -0.2) is 0 Å². The minimum atomic E-state index is -0.156. The summed E-state index contributed by atoms with van der Waals surface area (Å²) in [5, 5.41) is 2.99. The van der Waals surface area contributed by atoms with Crippen LogP contribution in [0, 0.1) is 0 Å². The predicted octanol–water partition coefficient (Wildman–Crippen LogP) is 2.45. The van der Waals surface area contributed by atoms with E-state index in [2.05, 4.69) is 16.3 Å². The number of benzene rings is 2. The molecule has 0 bridgehead atoms. The summed E-state index contributed by atoms with van der Waals surface area (Å²) in [4.78, 5) is 14.7. The zero-order chi connectivity index (χ0) is 16.9. The highest BCUT2D eigenvalue weighted by Gasteiger charge is 2.20. The van der Waals surface area contributed by atoms with E-state index in [9.17, 15) is 4.79 Å². The van der Waals surface area contributed by atoms with E-state index in [-0.39, 0.29) is 5.91 Å². The normalized spacial score (nSPS) is 13.0. The molecule has 1 N–H and O–H groups in total. The first-order chi connectivity index (χ1) is 11.6. The molecule has 2 aromatic carbocycles. The maximum atomic E-state index is 12.6. The molecule has 126 valence electrons. The first-order valence-corrected chi connectivity index (χ1v) is 8.03. The number of nitrogens with zero attached hydrogens (tertiary/aromatic N) is 1. The van der Waals surface area contributed by atoms with E-state index in [1.54, 1.807) is 6.07 Å². The van der Waals surface area contributed by atoms with Crippen molar-refractivity contribution in [2.24, 2.45) is 0 Å². The fraction of sp³-hybridized carbons (Fsp3) is 0.316. The molecule has 24 heavy (non-hydrogen) atoms. The molecule has 1 aliphatic rings. The van der Waals surface area contributed by atoms with Crippen molar-refractivity contribution >= 4 is 5.91 Å². The Morgan fingerprint density at radius 2 is 1.79 bits per heavy atom. The topological polar surface area (TPSA) is 50.8 Å². The molecule has 0 atom stereocenters. The summed E-state index contributed by atoms with van der Waals surface area (Å²) in [6, 6.07) is 13.5. The van der Waals surface area contributed by atoms with E-state index in [1.807, 2.05) is 44.4 Å². The molecule has 0 aliphatic carbocycles. The SMILES string of the molecule is CN(C)Cc1ccccc1CNC(=O)c1cccc2c1OCCO2. The molecule has 3 rings (SSSR count). The van der Waals surface area contributed by atoms with Crippen molar-refractivity contribution in [2.45, 2.75) is 13.1 Å². The third-order valence-corrected chi connectivity index (χ3v) is 3.86. The van der Waals surface area contributed by atoms with Gasteiger partial charge in [-0.2, -0.15) is 0 Å². The summed E-state index contributed by atoms with van der Waals surface area (Å²) in [7, 11) is 4.06. The van der Waals surface area contributed by atoms with Crippen molar-refractivity contribution in [3.8, 4) is 11.5 Å². The molecule has 0 radical (unpaired) electrons. The summed E-state index contributed by atoms with van der Waals surface area (Å²) >= 11 is 0. The molecule has 0 saturated carbocycles. The third kappa shape index (κ3) is 3.68. The summed E-state index contributed by atoms with van der Waals surface area (Å²) in [5.41, 5.74) is 2.83. The van der Waals surface area contributed by atoms with Crippen molar-refractivity contribution < 1.29 is 14.3 Å². The Morgan fingerprint density at radius 3 is 2.58 bits per heavy atom. The van der Waals surface area contributed by atoms with Crippen LogP contribution in [-0.2, 0) is 13.1 Å². The van der Waals surface area contributed by atoms with Gasteiger partial charge in [-0.3, -0.25) is 4.79 Å². The van der Waals surface area contributed by atoms with E-state index in [0.29, 0.717) is 36.8 Å². The Balaban J connectivity index is 1.73. The number of amides is 1. The highest BCUT2D eigenvalue weighted by molar-refractivity contribution is 5.97. The second-order valence-corrected chi connectivity index (χ2v) is 6.02. The molecule has 0 saturated heterocycles. The molecule has 1 heterocycles. The lowest BCUT2D eigenvalue weighted by Gasteiger charge is -2.20. The Kier molecular flexibility index (Phi) is 5.01. The molecule has 1 amide bonds. The van der Waals surface area contributed by atoms with Gasteiger partial charge in [0.2, 0.25) is 0 Å². The number of carbonyl (C=O) groups excluding carboxylic acids is 1. The Bertz CT molecular complexity index is 728. The van der Waals surface area contributed by atoms with Gasteiger partial charge in [0.25, 0.3) is 5.91 Å². The highest BCUT2D eigenvalue weighted by Crippen LogP contribution is 2.33. The smallest absolute Gasteiger partial charge is 0.255 e. The van der Waals surface area contributed by atoms with Crippen molar-refractivity contribution in [2.75, 3.05) is 27.3 Å². The van der Waals surface area contributed by atoms with Gasteiger partial charge in [0.05, 0.1) is 5.56 Å². The molecule has 0 aromatic heterocycles. The van der Waals surface area contributed by atoms with Crippen LogP contribution < -0.4 is 14.8 Å². The minimum absolute atomic E-state index is 0.156. The predicted molar refractivity (Wildman–Crippen MR) is 92.4 cm³/mol. The second-order valence-electron chi connectivity index (χ2n) is 6.02. The van der Waals surface area contributed by atoms with E-state index in [4.69, 9.17) is 9.47 Å². The van der Waals surface area contributed by atoms with Gasteiger partial charge >= 0.3 is 0 Å². The van der Waals surface area contributed by atoms with Crippen LogP contribution >= 0.6 is 0 Å². The molecule has 0 unspecified atom stereocenters. The zero-order valence-corrected chi connectivity index (χ0v) is 14.0. The van der Waals surface area contributed by atoms with Crippen LogP contribution in [-0.4, -0.2) is 38.1 Å². The number of nitrogens with one attached hydrogen (secondary N) is 1. The maximum Gasteiger partial charge on any atom is 0.255 e. The van der Waals surface area contributed by atoms with Crippen molar-refractivity contribution in [1.29, 1.82) is 0 Å². The van der Waals surface area contributed by atoms with Crippen molar-refractivity contribution in [1.82, 2.24) is 10.2 Å². The maximum absolute atomic E-state index is 12.6. The monoisotopic (exact) mass is 326 g/mol. The molecule has 0 spiro atoms. The molecular weight excluding hydrogens is 304 g/mol. The van der Waals surface area contributed by atoms with Crippen LogP contribution in [0.15, 0.2) is 42.5 Å². The van der Waals surface area contributed by atoms with Gasteiger partial charge in [-0.05, 0) is 37.4 Å². The largest absolute Gasteiger partial charge is 0.486 e. The van der Waals surface area contributed by atoms with E-state index < -0.39 is 0 Å². The number of ether oxygens (including phenoxy) is 2. The fourth-order valence-corrected chi connectivity index (χ4v) is 2.75. The van der Waals surface area contributed by atoms with E-state index in [0.717, 1.165) is 12.1 Å². The summed E-state index contributed by atoms with van der Waals surface area (Å²) in [5.74, 6) is 1.00. The van der Waals surface area contributed by atoms with Crippen LogP contribution in [0.4, 0.5) is 0 Å². The minimum Gasteiger partial charge on any atom is -0.486 e. The van der Waals surface area contributed by atoms with Gasteiger partial charge in [0.15, 0.2) is 11.5 Å². The lowest BCUT2D eigenvalue weighted by molar-refractivity contribution is 0.0939. The number of para-hydroxylation sites is 1. The molecule has 2 aromatic rings. The van der Waals surface area contributed by atoms with E-state index >= 15 is 0 Å². The average molecular weight is 326 g/mol. The van der Waals surface area contributed by atoms with Gasteiger partial charge in [0, 0.05) is 13.1 Å². The number of hydrogen-bond acceptors (Lipinski definition) is 4. The van der Waals surface area contributed by atoms with Crippen molar-refractivity contribution in [3.05, 3.63) is 59.2 Å². The van der Waals surface area contributed by atoms with Crippen LogP contribution in [0.2, 0.25) is 0 Å². The number of rotatable bonds is 5. The van der Waals surface area contributed by atoms with Crippen molar-refractivity contribution in [3.63, 3.8) is 0 Å². The Morgan fingerprint density at radius 1 is 1.04 bits per heavy atom. The Hall–Kier alpha value is -2.53. The number of hydrogen-bond donors (Lipinski definition) is 1. The molecule has 1 aliphatic heterocycles. The lowest BCUT2D eigenvalue weighted by Crippen LogP contribution is -2.26. The number of carbonyl (C=O) groups is 1.